The maximum Gasteiger partial charge on any atom is 0.270 e. The molecule has 1 amide bonds. The molecule has 0 unspecified atom stereocenters. The zero-order chi connectivity index (χ0) is 20.6. The number of nitro benzene ring substituents is 1. The summed E-state index contributed by atoms with van der Waals surface area (Å²) in [5.41, 5.74) is 3.99. The number of anilines is 1. The second kappa shape index (κ2) is 10.3. The number of carbonyl (C=O) groups excluding carboxylic acids is 1. The lowest BCUT2D eigenvalue weighted by Gasteiger charge is -2.29. The summed E-state index contributed by atoms with van der Waals surface area (Å²) in [5.74, 6) is -0.0569. The van der Waals surface area contributed by atoms with Crippen molar-refractivity contribution in [3.05, 3.63) is 63.2 Å². The average Bonchev–Trinajstić information content (AvgIpc) is 2.74. The number of hydrazone groups is 1. The summed E-state index contributed by atoms with van der Waals surface area (Å²) in [6.07, 6.45) is 4.84. The molecule has 152 valence electrons. The normalized spacial score (nSPS) is 14.2. The lowest BCUT2D eigenvalue weighted by molar-refractivity contribution is -0.384. The van der Waals surface area contributed by atoms with E-state index in [9.17, 15) is 14.9 Å². The summed E-state index contributed by atoms with van der Waals surface area (Å²) < 4.78 is 0. The standard InChI is InChI=1S/C20H21ClN4O3S/c21-16-4-7-18(8-5-16)29-14-20(26)23-22-13-15-12-17(25(27)28)6-9-19(15)24-10-2-1-3-11-24/h4-9,12-13H,1-3,10-11,14H2,(H,23,26)/b22-13-. The summed E-state index contributed by atoms with van der Waals surface area (Å²) in [7, 11) is 0. The van der Waals surface area contributed by atoms with Gasteiger partial charge in [0.15, 0.2) is 0 Å². The van der Waals surface area contributed by atoms with E-state index in [1.807, 2.05) is 12.1 Å². The second-order valence-electron chi connectivity index (χ2n) is 6.58. The van der Waals surface area contributed by atoms with E-state index in [0.717, 1.165) is 36.5 Å². The predicted octanol–water partition coefficient (Wildman–Crippen LogP) is 4.48. The number of non-ortho nitro benzene ring substituents is 1. The Bertz CT molecular complexity index is 899. The molecule has 1 N–H and O–H groups in total. The van der Waals surface area contributed by atoms with Gasteiger partial charge >= 0.3 is 0 Å². The number of hydrogen-bond acceptors (Lipinski definition) is 6. The van der Waals surface area contributed by atoms with E-state index in [0.29, 0.717) is 10.6 Å². The Labute approximate surface area is 178 Å². The Balaban J connectivity index is 1.64. The van der Waals surface area contributed by atoms with E-state index < -0.39 is 4.92 Å². The number of rotatable bonds is 7. The first-order valence-electron chi connectivity index (χ1n) is 9.26. The first-order valence-corrected chi connectivity index (χ1v) is 10.6. The monoisotopic (exact) mass is 432 g/mol. The predicted molar refractivity (Wildman–Crippen MR) is 117 cm³/mol. The molecular weight excluding hydrogens is 412 g/mol. The number of nitrogens with zero attached hydrogens (tertiary/aromatic N) is 3. The third-order valence-electron chi connectivity index (χ3n) is 4.50. The van der Waals surface area contributed by atoms with Crippen molar-refractivity contribution in [2.75, 3.05) is 23.7 Å². The van der Waals surface area contributed by atoms with Gasteiger partial charge in [0.1, 0.15) is 0 Å². The van der Waals surface area contributed by atoms with Crippen LogP contribution in [0.15, 0.2) is 52.5 Å². The Kier molecular flexibility index (Phi) is 7.48. The number of nitro groups is 1. The van der Waals surface area contributed by atoms with Crippen LogP contribution in [0.25, 0.3) is 0 Å². The van der Waals surface area contributed by atoms with E-state index in [4.69, 9.17) is 11.6 Å². The number of carbonyl (C=O) groups is 1. The smallest absolute Gasteiger partial charge is 0.270 e. The summed E-state index contributed by atoms with van der Waals surface area (Å²) in [5, 5.41) is 15.8. The number of hydrogen-bond donors (Lipinski definition) is 1. The zero-order valence-electron chi connectivity index (χ0n) is 15.7. The molecule has 0 aromatic heterocycles. The minimum absolute atomic E-state index is 0.00294. The molecule has 7 nitrogen and oxygen atoms in total. The Morgan fingerprint density at radius 2 is 1.93 bits per heavy atom. The fraction of sp³-hybridized carbons (Fsp3) is 0.300. The lowest BCUT2D eigenvalue weighted by atomic mass is 10.1. The van der Waals surface area contributed by atoms with Gasteiger partial charge in [-0.2, -0.15) is 5.10 Å². The third kappa shape index (κ3) is 6.20. The molecule has 29 heavy (non-hydrogen) atoms. The Hall–Kier alpha value is -2.58. The average molecular weight is 433 g/mol. The summed E-state index contributed by atoms with van der Waals surface area (Å²) in [6.45, 7) is 1.81. The quantitative estimate of drug-likeness (QED) is 0.301. The number of halogens is 1. The molecule has 1 aliphatic heterocycles. The number of thioether (sulfide) groups is 1. The van der Waals surface area contributed by atoms with Crippen LogP contribution in [-0.4, -0.2) is 35.9 Å². The van der Waals surface area contributed by atoms with Crippen molar-refractivity contribution in [1.29, 1.82) is 0 Å². The number of amides is 1. The SMILES string of the molecule is O=C(CSc1ccc(Cl)cc1)N/N=C\c1cc([N+](=O)[O-])ccc1N1CCCCC1. The summed E-state index contributed by atoms with van der Waals surface area (Å²) >= 11 is 7.22. The van der Waals surface area contributed by atoms with Gasteiger partial charge < -0.3 is 4.90 Å². The molecule has 0 spiro atoms. The lowest BCUT2D eigenvalue weighted by Crippen LogP contribution is -2.30. The van der Waals surface area contributed by atoms with Crippen molar-refractivity contribution >= 4 is 46.9 Å². The molecule has 1 aliphatic rings. The highest BCUT2D eigenvalue weighted by Crippen LogP contribution is 2.27. The van der Waals surface area contributed by atoms with E-state index in [1.165, 1.54) is 36.5 Å². The van der Waals surface area contributed by atoms with Crippen molar-refractivity contribution in [3.8, 4) is 0 Å². The molecule has 0 saturated carbocycles. The fourth-order valence-corrected chi connectivity index (χ4v) is 3.88. The van der Waals surface area contributed by atoms with Crippen LogP contribution in [0.2, 0.25) is 5.02 Å². The highest BCUT2D eigenvalue weighted by Gasteiger charge is 2.17. The van der Waals surface area contributed by atoms with Gasteiger partial charge in [-0.1, -0.05) is 11.6 Å². The molecule has 0 aliphatic carbocycles. The van der Waals surface area contributed by atoms with Crippen molar-refractivity contribution < 1.29 is 9.72 Å². The van der Waals surface area contributed by atoms with Gasteiger partial charge in [-0.15, -0.1) is 11.8 Å². The minimum atomic E-state index is -0.432. The van der Waals surface area contributed by atoms with Gasteiger partial charge in [-0.3, -0.25) is 14.9 Å². The van der Waals surface area contributed by atoms with Crippen LogP contribution in [0.5, 0.6) is 0 Å². The molecule has 2 aromatic rings. The molecule has 0 atom stereocenters. The van der Waals surface area contributed by atoms with Gasteiger partial charge in [0, 0.05) is 46.4 Å². The molecule has 0 radical (unpaired) electrons. The third-order valence-corrected chi connectivity index (χ3v) is 5.76. The number of piperidine rings is 1. The van der Waals surface area contributed by atoms with Crippen LogP contribution in [0, 0.1) is 10.1 Å². The minimum Gasteiger partial charge on any atom is -0.371 e. The highest BCUT2D eigenvalue weighted by atomic mass is 35.5. The van der Waals surface area contributed by atoms with Crippen LogP contribution in [0.1, 0.15) is 24.8 Å². The zero-order valence-corrected chi connectivity index (χ0v) is 17.3. The molecular formula is C20H21ClN4O3S. The van der Waals surface area contributed by atoms with Gasteiger partial charge in [0.2, 0.25) is 5.91 Å². The number of benzene rings is 2. The van der Waals surface area contributed by atoms with Crippen LogP contribution in [0.3, 0.4) is 0 Å². The largest absolute Gasteiger partial charge is 0.371 e. The molecule has 1 heterocycles. The van der Waals surface area contributed by atoms with Gasteiger partial charge in [0.05, 0.1) is 16.9 Å². The van der Waals surface area contributed by atoms with Crippen molar-refractivity contribution in [1.82, 2.24) is 5.43 Å². The number of nitrogens with one attached hydrogen (secondary N) is 1. The van der Waals surface area contributed by atoms with E-state index in [2.05, 4.69) is 15.4 Å². The molecule has 9 heteroatoms. The molecule has 1 saturated heterocycles. The summed E-state index contributed by atoms with van der Waals surface area (Å²) in [6, 6.07) is 12.0. The van der Waals surface area contributed by atoms with Crippen molar-refractivity contribution in [2.45, 2.75) is 24.2 Å². The van der Waals surface area contributed by atoms with Crippen molar-refractivity contribution in [3.63, 3.8) is 0 Å². The fourth-order valence-electron chi connectivity index (χ4n) is 3.07. The second-order valence-corrected chi connectivity index (χ2v) is 8.07. The van der Waals surface area contributed by atoms with E-state index in [1.54, 1.807) is 18.2 Å². The van der Waals surface area contributed by atoms with Gasteiger partial charge in [-0.05, 0) is 49.6 Å². The molecule has 0 bridgehead atoms. The topological polar surface area (TPSA) is 87.8 Å². The highest BCUT2D eigenvalue weighted by molar-refractivity contribution is 8.00. The van der Waals surface area contributed by atoms with Crippen LogP contribution < -0.4 is 10.3 Å². The first kappa shape index (κ1) is 21.1. The van der Waals surface area contributed by atoms with Gasteiger partial charge in [-0.25, -0.2) is 5.43 Å². The van der Waals surface area contributed by atoms with E-state index in [-0.39, 0.29) is 17.3 Å². The van der Waals surface area contributed by atoms with Gasteiger partial charge in [0.25, 0.3) is 5.69 Å². The van der Waals surface area contributed by atoms with Crippen LogP contribution >= 0.6 is 23.4 Å². The first-order chi connectivity index (χ1) is 14.0. The molecule has 2 aromatic carbocycles. The molecule has 3 rings (SSSR count). The maximum atomic E-state index is 12.0. The maximum absolute atomic E-state index is 12.0. The van der Waals surface area contributed by atoms with Crippen molar-refractivity contribution in [2.24, 2.45) is 5.10 Å². The van der Waals surface area contributed by atoms with E-state index >= 15 is 0 Å². The Morgan fingerprint density at radius 1 is 1.21 bits per heavy atom. The molecule has 1 fully saturated rings. The Morgan fingerprint density at radius 3 is 2.62 bits per heavy atom. The summed E-state index contributed by atoms with van der Waals surface area (Å²) in [4.78, 5) is 25.9. The van der Waals surface area contributed by atoms with Crippen LogP contribution in [0.4, 0.5) is 11.4 Å². The van der Waals surface area contributed by atoms with Crippen LogP contribution in [-0.2, 0) is 4.79 Å².